The summed E-state index contributed by atoms with van der Waals surface area (Å²) in [5.41, 5.74) is 1.44. The highest BCUT2D eigenvalue weighted by atomic mass is 32.2. The van der Waals surface area contributed by atoms with Gasteiger partial charge in [0.1, 0.15) is 0 Å². The van der Waals surface area contributed by atoms with Crippen molar-refractivity contribution in [3.8, 4) is 10.7 Å². The fourth-order valence-electron chi connectivity index (χ4n) is 3.28. The van der Waals surface area contributed by atoms with E-state index in [1.807, 2.05) is 4.57 Å². The fraction of sp³-hybridized carbons (Fsp3) is 0.474. The summed E-state index contributed by atoms with van der Waals surface area (Å²) in [5, 5.41) is 13.9. The molecule has 2 aromatic rings. The van der Waals surface area contributed by atoms with E-state index in [2.05, 4.69) is 40.4 Å². The van der Waals surface area contributed by atoms with Gasteiger partial charge in [-0.05, 0) is 36.8 Å². The maximum Gasteiger partial charge on any atom is 0.321 e. The molecule has 2 N–H and O–H groups in total. The largest absolute Gasteiger partial charge is 0.341 e. The Morgan fingerprint density at radius 1 is 1.46 bits per heavy atom. The molecule has 3 amide bonds. The number of aryl methyl sites for hydroxylation is 1. The Balaban J connectivity index is 1.78. The molecule has 9 heteroatoms. The van der Waals surface area contributed by atoms with Gasteiger partial charge in [0.2, 0.25) is 5.91 Å². The SMILES string of the molecule is C=CCn1c(SCC(=O)NC(=O)NC)nnc1-c1cc2c(s1)CC[C@@H](CC)C2. The average molecular weight is 420 g/mol. The second-order valence-corrected chi connectivity index (χ2v) is 8.78. The van der Waals surface area contributed by atoms with Crippen LogP contribution in [0.15, 0.2) is 23.9 Å². The number of fused-ring (bicyclic) bond motifs is 1. The number of thioether (sulfide) groups is 1. The zero-order valence-electron chi connectivity index (χ0n) is 16.2. The minimum absolute atomic E-state index is 0.0851. The Hall–Kier alpha value is -2.13. The van der Waals surface area contributed by atoms with Gasteiger partial charge in [0, 0.05) is 18.5 Å². The number of carbonyl (C=O) groups excluding carboxylic acids is 2. The van der Waals surface area contributed by atoms with Crippen molar-refractivity contribution in [2.24, 2.45) is 5.92 Å². The zero-order valence-corrected chi connectivity index (χ0v) is 17.8. The number of hydrogen-bond donors (Lipinski definition) is 2. The third-order valence-corrected chi connectivity index (χ3v) is 7.02. The first-order valence-corrected chi connectivity index (χ1v) is 11.2. The van der Waals surface area contributed by atoms with Crippen molar-refractivity contribution < 1.29 is 9.59 Å². The van der Waals surface area contributed by atoms with E-state index >= 15 is 0 Å². The van der Waals surface area contributed by atoms with Gasteiger partial charge in [0.25, 0.3) is 0 Å². The summed E-state index contributed by atoms with van der Waals surface area (Å²) in [5.74, 6) is 1.28. The highest BCUT2D eigenvalue weighted by molar-refractivity contribution is 7.99. The molecule has 28 heavy (non-hydrogen) atoms. The third kappa shape index (κ3) is 4.64. The summed E-state index contributed by atoms with van der Waals surface area (Å²) in [6.07, 6.45) is 6.54. The molecular weight excluding hydrogens is 394 g/mol. The number of nitrogens with zero attached hydrogens (tertiary/aromatic N) is 3. The molecule has 1 aliphatic rings. The Kier molecular flexibility index (Phi) is 6.90. The fourth-order valence-corrected chi connectivity index (χ4v) is 5.23. The van der Waals surface area contributed by atoms with Crippen molar-refractivity contribution >= 4 is 35.0 Å². The highest BCUT2D eigenvalue weighted by Gasteiger charge is 2.23. The van der Waals surface area contributed by atoms with Crippen molar-refractivity contribution in [2.45, 2.75) is 44.3 Å². The van der Waals surface area contributed by atoms with E-state index in [1.165, 1.54) is 42.1 Å². The van der Waals surface area contributed by atoms with Crippen LogP contribution in [0.25, 0.3) is 10.7 Å². The normalized spacial score (nSPS) is 15.7. The van der Waals surface area contributed by atoms with Crippen LogP contribution in [-0.4, -0.2) is 39.5 Å². The standard InChI is InChI=1S/C19H25N5O2S2/c1-4-8-24-17(15-10-13-9-12(5-2)6-7-14(13)28-15)22-23-19(24)27-11-16(25)21-18(26)20-3/h4,10,12H,1,5-9,11H2,2-3H3,(H2,20,21,25,26)/t12-/m1/s1. The van der Waals surface area contributed by atoms with Crippen molar-refractivity contribution in [1.29, 1.82) is 0 Å². The number of aromatic nitrogens is 3. The van der Waals surface area contributed by atoms with Crippen LogP contribution in [0.3, 0.4) is 0 Å². The van der Waals surface area contributed by atoms with Crippen LogP contribution in [0.1, 0.15) is 30.2 Å². The molecule has 0 aliphatic heterocycles. The van der Waals surface area contributed by atoms with Gasteiger partial charge >= 0.3 is 6.03 Å². The van der Waals surface area contributed by atoms with Gasteiger partial charge in [0.15, 0.2) is 11.0 Å². The first kappa shape index (κ1) is 20.6. The summed E-state index contributed by atoms with van der Waals surface area (Å²) in [6.45, 7) is 6.64. The number of hydrogen-bond acceptors (Lipinski definition) is 6. The Morgan fingerprint density at radius 2 is 2.29 bits per heavy atom. The van der Waals surface area contributed by atoms with Crippen LogP contribution in [0.2, 0.25) is 0 Å². The molecule has 2 heterocycles. The Morgan fingerprint density at radius 3 is 3.00 bits per heavy atom. The van der Waals surface area contributed by atoms with Crippen molar-refractivity contribution in [1.82, 2.24) is 25.4 Å². The van der Waals surface area contributed by atoms with Crippen LogP contribution < -0.4 is 10.6 Å². The molecule has 0 unspecified atom stereocenters. The maximum absolute atomic E-state index is 11.9. The van der Waals surface area contributed by atoms with Crippen LogP contribution in [0.4, 0.5) is 4.79 Å². The monoisotopic (exact) mass is 419 g/mol. The van der Waals surface area contributed by atoms with Gasteiger partial charge in [-0.15, -0.1) is 28.1 Å². The quantitative estimate of drug-likeness (QED) is 0.531. The molecule has 0 saturated carbocycles. The molecule has 1 atom stereocenters. The second-order valence-electron chi connectivity index (χ2n) is 6.70. The van der Waals surface area contributed by atoms with Crippen LogP contribution in [0, 0.1) is 5.92 Å². The number of urea groups is 1. The molecule has 2 aromatic heterocycles. The van der Waals surface area contributed by atoms with Gasteiger partial charge in [-0.2, -0.15) is 0 Å². The smallest absolute Gasteiger partial charge is 0.321 e. The summed E-state index contributed by atoms with van der Waals surface area (Å²) in [7, 11) is 1.46. The van der Waals surface area contributed by atoms with Gasteiger partial charge < -0.3 is 5.32 Å². The van der Waals surface area contributed by atoms with E-state index in [1.54, 1.807) is 17.4 Å². The molecule has 0 bridgehead atoms. The average Bonchev–Trinajstić information content (AvgIpc) is 3.29. The minimum Gasteiger partial charge on any atom is -0.341 e. The van der Waals surface area contributed by atoms with E-state index in [0.29, 0.717) is 11.7 Å². The first-order chi connectivity index (χ1) is 13.5. The summed E-state index contributed by atoms with van der Waals surface area (Å²) >= 11 is 3.05. The van der Waals surface area contributed by atoms with E-state index in [0.717, 1.165) is 29.5 Å². The maximum atomic E-state index is 11.9. The van der Waals surface area contributed by atoms with Crippen molar-refractivity contribution in [3.05, 3.63) is 29.2 Å². The molecular formula is C19H25N5O2S2. The lowest BCUT2D eigenvalue weighted by Crippen LogP contribution is -2.38. The number of carbonyl (C=O) groups is 2. The number of nitrogens with one attached hydrogen (secondary N) is 2. The van der Waals surface area contributed by atoms with Crippen molar-refractivity contribution in [2.75, 3.05) is 12.8 Å². The lowest BCUT2D eigenvalue weighted by molar-refractivity contribution is -0.117. The summed E-state index contributed by atoms with van der Waals surface area (Å²) < 4.78 is 1.97. The van der Waals surface area contributed by atoms with Crippen LogP contribution in [-0.2, 0) is 24.2 Å². The molecule has 0 spiro atoms. The number of allylic oxidation sites excluding steroid dienone is 1. The summed E-state index contributed by atoms with van der Waals surface area (Å²) in [4.78, 5) is 25.7. The van der Waals surface area contributed by atoms with Gasteiger partial charge in [-0.1, -0.05) is 31.2 Å². The lowest BCUT2D eigenvalue weighted by atomic mass is 9.87. The molecule has 7 nitrogen and oxygen atoms in total. The van der Waals surface area contributed by atoms with Gasteiger partial charge in [-0.3, -0.25) is 14.7 Å². The molecule has 1 aliphatic carbocycles. The molecule has 0 fully saturated rings. The first-order valence-electron chi connectivity index (χ1n) is 9.36. The Labute approximate surface area is 173 Å². The van der Waals surface area contributed by atoms with E-state index in [4.69, 9.17) is 0 Å². The van der Waals surface area contributed by atoms with Crippen molar-refractivity contribution in [3.63, 3.8) is 0 Å². The molecule has 150 valence electrons. The Bertz CT molecular complexity index is 874. The molecule has 0 radical (unpaired) electrons. The predicted molar refractivity (Wildman–Crippen MR) is 113 cm³/mol. The number of amides is 3. The highest BCUT2D eigenvalue weighted by Crippen LogP contribution is 2.38. The zero-order chi connectivity index (χ0) is 20.1. The minimum atomic E-state index is -0.520. The predicted octanol–water partition coefficient (Wildman–Crippen LogP) is 3.26. The molecule has 3 rings (SSSR count). The van der Waals surface area contributed by atoms with Gasteiger partial charge in [-0.25, -0.2) is 4.79 Å². The number of thiophene rings is 1. The molecule has 0 aromatic carbocycles. The number of rotatable bonds is 7. The van der Waals surface area contributed by atoms with Gasteiger partial charge in [0.05, 0.1) is 10.6 Å². The summed E-state index contributed by atoms with van der Waals surface area (Å²) in [6, 6.07) is 1.73. The third-order valence-electron chi connectivity index (χ3n) is 4.82. The van der Waals surface area contributed by atoms with E-state index in [9.17, 15) is 9.59 Å². The molecule has 0 saturated heterocycles. The second kappa shape index (κ2) is 9.38. The van der Waals surface area contributed by atoms with Crippen LogP contribution in [0.5, 0.6) is 0 Å². The van der Waals surface area contributed by atoms with E-state index in [-0.39, 0.29) is 11.7 Å². The lowest BCUT2D eigenvalue weighted by Gasteiger charge is -2.19. The topological polar surface area (TPSA) is 88.9 Å². The number of imide groups is 1. The van der Waals surface area contributed by atoms with Crippen LogP contribution >= 0.6 is 23.1 Å². The van der Waals surface area contributed by atoms with E-state index < -0.39 is 6.03 Å².